The summed E-state index contributed by atoms with van der Waals surface area (Å²) in [4.78, 5) is 48.3. The molecule has 1 aromatic carbocycles. The zero-order valence-corrected chi connectivity index (χ0v) is 22.8. The average Bonchev–Trinajstić information content (AvgIpc) is 2.86. The van der Waals surface area contributed by atoms with E-state index in [1.54, 1.807) is 35.9 Å². The van der Waals surface area contributed by atoms with Crippen LogP contribution >= 0.6 is 0 Å². The Bertz CT molecular complexity index is 1200. The number of benzene rings is 1. The number of carbonyl (C=O) groups excluding carboxylic acids is 2. The Morgan fingerprint density at radius 2 is 1.63 bits per heavy atom. The standard InChI is InChI=1S/C27H40N8O3/c1-18-16-35(19(2)15-34(18)24(36)27(3,4)29)26(38)31-23-11-14-33(25(37)30-23)22-7-5-20(6-8-22)17-32-12-9-21(28)10-13-32/h5-8,11,14,18-19,21H,9-10,12-13,15-17,28-29H2,1-4H3,(H,30,31,37,38)/t18-,19-/m1/s1. The zero-order chi connectivity index (χ0) is 27.6. The molecule has 206 valence electrons. The van der Waals surface area contributed by atoms with E-state index in [2.05, 4.69) is 15.2 Å². The van der Waals surface area contributed by atoms with Gasteiger partial charge in [0.05, 0.1) is 11.2 Å². The first kappa shape index (κ1) is 27.7. The van der Waals surface area contributed by atoms with Gasteiger partial charge >= 0.3 is 11.7 Å². The number of hydrogen-bond donors (Lipinski definition) is 3. The van der Waals surface area contributed by atoms with Crippen molar-refractivity contribution in [2.24, 2.45) is 11.5 Å². The topological polar surface area (TPSA) is 143 Å². The Kier molecular flexibility index (Phi) is 8.19. The summed E-state index contributed by atoms with van der Waals surface area (Å²) in [5, 5.41) is 2.73. The van der Waals surface area contributed by atoms with Gasteiger partial charge < -0.3 is 21.3 Å². The predicted octanol–water partition coefficient (Wildman–Crippen LogP) is 1.35. The van der Waals surface area contributed by atoms with Crippen LogP contribution in [-0.4, -0.2) is 86.0 Å². The van der Waals surface area contributed by atoms with Gasteiger partial charge in [-0.15, -0.1) is 0 Å². The molecule has 5 N–H and O–H groups in total. The maximum Gasteiger partial charge on any atom is 0.354 e. The summed E-state index contributed by atoms with van der Waals surface area (Å²) in [6, 6.07) is 8.97. The number of nitrogens with one attached hydrogen (secondary N) is 1. The number of carbonyl (C=O) groups is 2. The van der Waals surface area contributed by atoms with Gasteiger partial charge in [-0.05, 0) is 77.4 Å². The first-order valence-corrected chi connectivity index (χ1v) is 13.3. The fourth-order valence-corrected chi connectivity index (χ4v) is 5.04. The van der Waals surface area contributed by atoms with Crippen molar-refractivity contribution >= 4 is 17.8 Å². The lowest BCUT2D eigenvalue weighted by Gasteiger charge is -2.45. The molecule has 1 aromatic heterocycles. The van der Waals surface area contributed by atoms with Crippen LogP contribution in [0.4, 0.5) is 10.6 Å². The second-order valence-electron chi connectivity index (χ2n) is 11.2. The molecule has 0 saturated carbocycles. The van der Waals surface area contributed by atoms with Crippen molar-refractivity contribution in [2.45, 2.75) is 70.7 Å². The van der Waals surface area contributed by atoms with Crippen molar-refractivity contribution in [1.82, 2.24) is 24.3 Å². The molecular formula is C27H40N8O3. The van der Waals surface area contributed by atoms with Gasteiger partial charge in [0.2, 0.25) is 5.91 Å². The maximum atomic E-state index is 13.0. The van der Waals surface area contributed by atoms with Gasteiger partial charge in [0, 0.05) is 44.0 Å². The van der Waals surface area contributed by atoms with Crippen LogP contribution in [0.3, 0.4) is 0 Å². The molecule has 0 aliphatic carbocycles. The third-order valence-electron chi connectivity index (χ3n) is 7.35. The highest BCUT2D eigenvalue weighted by molar-refractivity contribution is 5.89. The second kappa shape index (κ2) is 11.2. The lowest BCUT2D eigenvalue weighted by atomic mass is 10.0. The summed E-state index contributed by atoms with van der Waals surface area (Å²) in [6.45, 7) is 10.7. The highest BCUT2D eigenvalue weighted by Crippen LogP contribution is 2.20. The minimum atomic E-state index is -0.978. The summed E-state index contributed by atoms with van der Waals surface area (Å²) in [7, 11) is 0. The number of piperazine rings is 1. The summed E-state index contributed by atoms with van der Waals surface area (Å²) in [5.74, 6) is 0.0316. The minimum Gasteiger partial charge on any atom is -0.335 e. The number of urea groups is 1. The van der Waals surface area contributed by atoms with E-state index in [1.165, 1.54) is 10.1 Å². The molecule has 3 heterocycles. The Balaban J connectivity index is 1.37. The molecular weight excluding hydrogens is 484 g/mol. The van der Waals surface area contributed by atoms with E-state index in [1.807, 2.05) is 38.1 Å². The average molecular weight is 525 g/mol. The molecule has 2 aliphatic rings. The highest BCUT2D eigenvalue weighted by atomic mass is 16.2. The van der Waals surface area contributed by atoms with E-state index in [4.69, 9.17) is 11.5 Å². The quantitative estimate of drug-likeness (QED) is 0.536. The monoisotopic (exact) mass is 524 g/mol. The number of piperidine rings is 1. The molecule has 0 bridgehead atoms. The smallest absolute Gasteiger partial charge is 0.335 e. The largest absolute Gasteiger partial charge is 0.354 e. The van der Waals surface area contributed by atoms with Crippen molar-refractivity contribution < 1.29 is 9.59 Å². The molecule has 38 heavy (non-hydrogen) atoms. The van der Waals surface area contributed by atoms with Crippen molar-refractivity contribution in [3.8, 4) is 5.69 Å². The second-order valence-corrected chi connectivity index (χ2v) is 11.2. The third-order valence-corrected chi connectivity index (χ3v) is 7.35. The Morgan fingerprint density at radius 3 is 2.24 bits per heavy atom. The van der Waals surface area contributed by atoms with Crippen LogP contribution in [0.15, 0.2) is 41.3 Å². The highest BCUT2D eigenvalue weighted by Gasteiger charge is 2.38. The number of nitrogens with zero attached hydrogens (tertiary/aromatic N) is 5. The molecule has 0 radical (unpaired) electrons. The molecule has 4 rings (SSSR count). The Morgan fingerprint density at radius 1 is 1.03 bits per heavy atom. The molecule has 2 aromatic rings. The molecule has 2 aliphatic heterocycles. The number of likely N-dealkylation sites (tertiary alicyclic amines) is 1. The fourth-order valence-electron chi connectivity index (χ4n) is 5.04. The van der Waals surface area contributed by atoms with Crippen LogP contribution < -0.4 is 22.5 Å². The molecule has 3 amide bonds. The first-order chi connectivity index (χ1) is 17.9. The predicted molar refractivity (Wildman–Crippen MR) is 147 cm³/mol. The summed E-state index contributed by atoms with van der Waals surface area (Å²) in [5.41, 5.74) is 12.4. The lowest BCUT2D eigenvalue weighted by molar-refractivity contribution is -0.141. The normalized spacial score (nSPS) is 21.4. The summed E-state index contributed by atoms with van der Waals surface area (Å²) >= 11 is 0. The van der Waals surface area contributed by atoms with Crippen molar-refractivity contribution in [1.29, 1.82) is 0 Å². The van der Waals surface area contributed by atoms with Crippen molar-refractivity contribution in [3.63, 3.8) is 0 Å². The summed E-state index contributed by atoms with van der Waals surface area (Å²) in [6.07, 6.45) is 3.64. The Hall–Kier alpha value is -3.28. The van der Waals surface area contributed by atoms with E-state index in [-0.39, 0.29) is 29.8 Å². The molecule has 2 saturated heterocycles. The fraction of sp³-hybridized carbons (Fsp3) is 0.556. The summed E-state index contributed by atoms with van der Waals surface area (Å²) < 4.78 is 1.45. The first-order valence-electron chi connectivity index (χ1n) is 13.3. The molecule has 11 heteroatoms. The van der Waals surface area contributed by atoms with E-state index >= 15 is 0 Å². The van der Waals surface area contributed by atoms with Crippen LogP contribution in [0.5, 0.6) is 0 Å². The molecule has 2 fully saturated rings. The molecule has 11 nitrogen and oxygen atoms in total. The van der Waals surface area contributed by atoms with Crippen LogP contribution in [-0.2, 0) is 11.3 Å². The number of anilines is 1. The van der Waals surface area contributed by atoms with Crippen LogP contribution in [0.2, 0.25) is 0 Å². The van der Waals surface area contributed by atoms with Gasteiger partial charge in [-0.3, -0.25) is 19.6 Å². The van der Waals surface area contributed by atoms with Crippen molar-refractivity contribution in [3.05, 3.63) is 52.6 Å². The van der Waals surface area contributed by atoms with Crippen LogP contribution in [0, 0.1) is 0 Å². The van der Waals surface area contributed by atoms with Gasteiger partial charge in [-0.1, -0.05) is 12.1 Å². The van der Waals surface area contributed by atoms with E-state index in [9.17, 15) is 14.4 Å². The van der Waals surface area contributed by atoms with Gasteiger partial charge in [-0.25, -0.2) is 9.59 Å². The van der Waals surface area contributed by atoms with Gasteiger partial charge in [0.15, 0.2) is 0 Å². The maximum absolute atomic E-state index is 13.0. The van der Waals surface area contributed by atoms with E-state index in [0.29, 0.717) is 24.8 Å². The minimum absolute atomic E-state index is 0.147. The number of nitrogens with two attached hydrogens (primary N) is 2. The lowest BCUT2D eigenvalue weighted by Crippen LogP contribution is -2.64. The zero-order valence-electron chi connectivity index (χ0n) is 22.8. The van der Waals surface area contributed by atoms with E-state index < -0.39 is 11.2 Å². The number of hydrogen-bond acceptors (Lipinski definition) is 7. The van der Waals surface area contributed by atoms with Gasteiger partial charge in [0.25, 0.3) is 0 Å². The number of amides is 3. The van der Waals surface area contributed by atoms with E-state index in [0.717, 1.165) is 32.5 Å². The molecule has 2 atom stereocenters. The Labute approximate surface area is 223 Å². The third kappa shape index (κ3) is 6.40. The van der Waals surface area contributed by atoms with Gasteiger partial charge in [0.1, 0.15) is 5.82 Å². The number of rotatable bonds is 5. The SMILES string of the molecule is C[C@@H]1CN(C(=O)C(C)(C)N)[C@H](C)CN1C(=O)Nc1ccn(-c2ccc(CN3CCC(N)CC3)cc2)c(=O)n1. The van der Waals surface area contributed by atoms with Crippen molar-refractivity contribution in [2.75, 3.05) is 31.5 Å². The van der Waals surface area contributed by atoms with Crippen LogP contribution in [0.25, 0.3) is 5.69 Å². The molecule has 0 spiro atoms. The van der Waals surface area contributed by atoms with Gasteiger partial charge in [-0.2, -0.15) is 4.98 Å². The number of aromatic nitrogens is 2. The molecule has 0 unspecified atom stereocenters. The van der Waals surface area contributed by atoms with Crippen LogP contribution in [0.1, 0.15) is 46.1 Å².